The van der Waals surface area contributed by atoms with Gasteiger partial charge in [0.2, 0.25) is 0 Å². The van der Waals surface area contributed by atoms with Crippen LogP contribution in [0, 0.1) is 0 Å². The lowest BCUT2D eigenvalue weighted by atomic mass is 10.1. The summed E-state index contributed by atoms with van der Waals surface area (Å²) in [7, 11) is 1.58. The number of amides is 3. The smallest absolute Gasteiger partial charge is 0.272 e. The first-order valence-corrected chi connectivity index (χ1v) is 9.61. The summed E-state index contributed by atoms with van der Waals surface area (Å²) in [5, 5.41) is 3.69. The molecule has 7 nitrogen and oxygen atoms in total. The average molecular weight is 411 g/mol. The van der Waals surface area contributed by atoms with Gasteiger partial charge >= 0.3 is 0 Å². The number of nitrogens with zero attached hydrogens (tertiary/aromatic N) is 1. The van der Waals surface area contributed by atoms with Crippen molar-refractivity contribution in [2.24, 2.45) is 0 Å². The Bertz CT molecular complexity index is 1340. The van der Waals surface area contributed by atoms with E-state index < -0.39 is 0 Å². The minimum atomic E-state index is -0.381. The number of H-pyrrole nitrogens is 1. The summed E-state index contributed by atoms with van der Waals surface area (Å²) in [5.41, 5.74) is 2.77. The van der Waals surface area contributed by atoms with E-state index in [1.807, 2.05) is 18.2 Å². The van der Waals surface area contributed by atoms with Gasteiger partial charge in [0, 0.05) is 22.7 Å². The summed E-state index contributed by atoms with van der Waals surface area (Å²) in [6, 6.07) is 20.6. The number of fused-ring (bicyclic) bond motifs is 2. The maximum atomic E-state index is 12.8. The maximum Gasteiger partial charge on any atom is 0.272 e. The molecule has 3 amide bonds. The molecule has 1 aliphatic heterocycles. The quantitative estimate of drug-likeness (QED) is 0.492. The molecule has 5 rings (SSSR count). The third kappa shape index (κ3) is 3.12. The number of anilines is 2. The number of hydrogen-bond donors (Lipinski definition) is 2. The van der Waals surface area contributed by atoms with Crippen LogP contribution in [0.1, 0.15) is 31.2 Å². The predicted molar refractivity (Wildman–Crippen MR) is 117 cm³/mol. The highest BCUT2D eigenvalue weighted by atomic mass is 16.5. The van der Waals surface area contributed by atoms with Crippen molar-refractivity contribution in [2.45, 2.75) is 0 Å². The van der Waals surface area contributed by atoms with Gasteiger partial charge in [0.25, 0.3) is 17.7 Å². The summed E-state index contributed by atoms with van der Waals surface area (Å²) in [6.45, 7) is 0. The summed E-state index contributed by atoms with van der Waals surface area (Å²) in [5.74, 6) is -0.410. The van der Waals surface area contributed by atoms with Crippen molar-refractivity contribution < 1.29 is 19.1 Å². The van der Waals surface area contributed by atoms with Crippen molar-refractivity contribution >= 4 is 40.0 Å². The van der Waals surface area contributed by atoms with E-state index in [0.29, 0.717) is 33.9 Å². The first-order chi connectivity index (χ1) is 15.0. The molecule has 7 heteroatoms. The van der Waals surface area contributed by atoms with E-state index in [1.54, 1.807) is 61.7 Å². The average Bonchev–Trinajstić information content (AvgIpc) is 3.33. The molecule has 4 aromatic rings. The zero-order valence-corrected chi connectivity index (χ0v) is 16.5. The van der Waals surface area contributed by atoms with Crippen LogP contribution in [0.3, 0.4) is 0 Å². The third-order valence-corrected chi connectivity index (χ3v) is 5.23. The lowest BCUT2D eigenvalue weighted by Gasteiger charge is -2.15. The number of nitrogens with one attached hydrogen (secondary N) is 2. The second kappa shape index (κ2) is 7.14. The van der Waals surface area contributed by atoms with Gasteiger partial charge in [-0.2, -0.15) is 0 Å². The van der Waals surface area contributed by atoms with Gasteiger partial charge in [-0.05, 0) is 48.5 Å². The molecule has 31 heavy (non-hydrogen) atoms. The van der Waals surface area contributed by atoms with E-state index in [1.165, 1.54) is 0 Å². The molecule has 1 aromatic heterocycles. The summed E-state index contributed by atoms with van der Waals surface area (Å²) < 4.78 is 5.21. The zero-order chi connectivity index (χ0) is 21.5. The predicted octanol–water partition coefficient (Wildman–Crippen LogP) is 4.23. The van der Waals surface area contributed by atoms with Crippen molar-refractivity contribution in [2.75, 3.05) is 17.3 Å². The third-order valence-electron chi connectivity index (χ3n) is 5.23. The molecule has 152 valence electrons. The standard InChI is InChI=1S/C24H17N3O4/c1-31-17-10-9-14-11-21(26-20(14)13-17)22(28)25-15-5-4-6-16(12-15)27-23(29)18-7-2-3-8-19(18)24(27)30/h2-13,26H,1H3,(H,25,28). The first kappa shape index (κ1) is 18.6. The summed E-state index contributed by atoms with van der Waals surface area (Å²) >= 11 is 0. The van der Waals surface area contributed by atoms with E-state index in [2.05, 4.69) is 10.3 Å². The minimum Gasteiger partial charge on any atom is -0.497 e. The van der Waals surface area contributed by atoms with E-state index in [9.17, 15) is 14.4 Å². The highest BCUT2D eigenvalue weighted by Gasteiger charge is 2.36. The van der Waals surface area contributed by atoms with Crippen LogP contribution in [-0.4, -0.2) is 29.8 Å². The second-order valence-corrected chi connectivity index (χ2v) is 7.13. The highest BCUT2D eigenvalue weighted by Crippen LogP contribution is 2.30. The number of carbonyl (C=O) groups excluding carboxylic acids is 3. The summed E-state index contributed by atoms with van der Waals surface area (Å²) in [6.07, 6.45) is 0. The van der Waals surface area contributed by atoms with Crippen molar-refractivity contribution in [3.05, 3.63) is 89.6 Å². The van der Waals surface area contributed by atoms with Gasteiger partial charge in [-0.3, -0.25) is 14.4 Å². The monoisotopic (exact) mass is 411 g/mol. The Balaban J connectivity index is 1.41. The molecule has 2 heterocycles. The number of aromatic nitrogens is 1. The molecule has 0 atom stereocenters. The van der Waals surface area contributed by atoms with Crippen LogP contribution in [0.2, 0.25) is 0 Å². The fraction of sp³-hybridized carbons (Fsp3) is 0.0417. The second-order valence-electron chi connectivity index (χ2n) is 7.13. The van der Waals surface area contributed by atoms with Crippen LogP contribution in [0.25, 0.3) is 10.9 Å². The Hall–Kier alpha value is -4.39. The Morgan fingerprint density at radius 3 is 2.35 bits per heavy atom. The molecule has 1 aliphatic rings. The Morgan fingerprint density at radius 2 is 1.65 bits per heavy atom. The number of imide groups is 1. The molecule has 0 unspecified atom stereocenters. The van der Waals surface area contributed by atoms with Gasteiger partial charge in [0.05, 0.1) is 23.9 Å². The van der Waals surface area contributed by atoms with Crippen molar-refractivity contribution in [1.82, 2.24) is 4.98 Å². The first-order valence-electron chi connectivity index (χ1n) is 9.61. The van der Waals surface area contributed by atoms with Gasteiger partial charge < -0.3 is 15.0 Å². The van der Waals surface area contributed by atoms with E-state index in [-0.39, 0.29) is 17.7 Å². The topological polar surface area (TPSA) is 91.5 Å². The van der Waals surface area contributed by atoms with Gasteiger partial charge in [-0.25, -0.2) is 4.90 Å². The van der Waals surface area contributed by atoms with Crippen LogP contribution >= 0.6 is 0 Å². The Labute approximate surface area is 177 Å². The Kier molecular flexibility index (Phi) is 4.29. The van der Waals surface area contributed by atoms with Crippen molar-refractivity contribution in [1.29, 1.82) is 0 Å². The molecule has 0 bridgehead atoms. The van der Waals surface area contributed by atoms with Crippen LogP contribution < -0.4 is 15.0 Å². The number of rotatable bonds is 4. The zero-order valence-electron chi connectivity index (χ0n) is 16.5. The van der Waals surface area contributed by atoms with Gasteiger partial charge in [-0.1, -0.05) is 18.2 Å². The highest BCUT2D eigenvalue weighted by molar-refractivity contribution is 6.34. The molecule has 0 spiro atoms. The number of ether oxygens (including phenoxy) is 1. The SMILES string of the molecule is COc1ccc2cc(C(=O)Nc3cccc(N4C(=O)c5ccccc5C4=O)c3)[nH]c2c1. The number of benzene rings is 3. The fourth-order valence-electron chi connectivity index (χ4n) is 3.70. The number of hydrogen-bond acceptors (Lipinski definition) is 4. The van der Waals surface area contributed by atoms with Crippen molar-refractivity contribution in [3.8, 4) is 5.75 Å². The number of carbonyl (C=O) groups is 3. The van der Waals surface area contributed by atoms with E-state index in [0.717, 1.165) is 15.8 Å². The Morgan fingerprint density at radius 1 is 0.903 bits per heavy atom. The molecule has 0 saturated carbocycles. The van der Waals surface area contributed by atoms with Crippen LogP contribution in [0.15, 0.2) is 72.8 Å². The lowest BCUT2D eigenvalue weighted by Crippen LogP contribution is -2.29. The summed E-state index contributed by atoms with van der Waals surface area (Å²) in [4.78, 5) is 42.4. The molecule has 3 aromatic carbocycles. The molecule has 0 aliphatic carbocycles. The van der Waals surface area contributed by atoms with E-state index in [4.69, 9.17) is 4.74 Å². The molecular weight excluding hydrogens is 394 g/mol. The molecule has 0 radical (unpaired) electrons. The van der Waals surface area contributed by atoms with Crippen LogP contribution in [0.5, 0.6) is 5.75 Å². The number of methoxy groups -OCH3 is 1. The van der Waals surface area contributed by atoms with Crippen molar-refractivity contribution in [3.63, 3.8) is 0 Å². The minimum absolute atomic E-state index is 0.338. The number of aromatic amines is 1. The molecule has 0 fully saturated rings. The van der Waals surface area contributed by atoms with Crippen LogP contribution in [0.4, 0.5) is 11.4 Å². The van der Waals surface area contributed by atoms with Gasteiger partial charge in [0.15, 0.2) is 0 Å². The van der Waals surface area contributed by atoms with Crippen LogP contribution in [-0.2, 0) is 0 Å². The largest absolute Gasteiger partial charge is 0.497 e. The lowest BCUT2D eigenvalue weighted by molar-refractivity contribution is 0.0925. The maximum absolute atomic E-state index is 12.8. The molecular formula is C24H17N3O4. The molecule has 2 N–H and O–H groups in total. The van der Waals surface area contributed by atoms with E-state index >= 15 is 0 Å². The normalized spacial score (nSPS) is 12.9. The van der Waals surface area contributed by atoms with Gasteiger partial charge in [-0.15, -0.1) is 0 Å². The molecule has 0 saturated heterocycles. The fourth-order valence-corrected chi connectivity index (χ4v) is 3.70. The van der Waals surface area contributed by atoms with Gasteiger partial charge in [0.1, 0.15) is 11.4 Å².